The summed E-state index contributed by atoms with van der Waals surface area (Å²) in [6, 6.07) is 8.47. The van der Waals surface area contributed by atoms with E-state index in [2.05, 4.69) is 53.1 Å². The molecular formula is C20H28N2O. The summed E-state index contributed by atoms with van der Waals surface area (Å²) in [5.41, 5.74) is 1.26. The van der Waals surface area contributed by atoms with E-state index in [9.17, 15) is 0 Å². The molecule has 3 aliphatic rings. The Balaban J connectivity index is 1.33. The number of ether oxygens (including phenoxy) is 1. The van der Waals surface area contributed by atoms with Crippen molar-refractivity contribution >= 4 is 5.69 Å². The number of rotatable bonds is 5. The summed E-state index contributed by atoms with van der Waals surface area (Å²) < 4.78 is 5.80. The van der Waals surface area contributed by atoms with Gasteiger partial charge in [-0.15, -0.1) is 0 Å². The molecule has 1 saturated carbocycles. The van der Waals surface area contributed by atoms with E-state index in [1.165, 1.54) is 38.2 Å². The van der Waals surface area contributed by atoms with E-state index in [-0.39, 0.29) is 0 Å². The molecule has 1 aromatic rings. The highest BCUT2D eigenvalue weighted by molar-refractivity contribution is 5.58. The molecule has 0 unspecified atom stereocenters. The van der Waals surface area contributed by atoms with Gasteiger partial charge in [0.15, 0.2) is 0 Å². The van der Waals surface area contributed by atoms with Gasteiger partial charge in [-0.1, -0.05) is 24.3 Å². The zero-order chi connectivity index (χ0) is 15.6. The Morgan fingerprint density at radius 3 is 2.57 bits per heavy atom. The summed E-state index contributed by atoms with van der Waals surface area (Å²) >= 11 is 0. The Bertz CT molecular complexity index is 563. The molecule has 3 nitrogen and oxygen atoms in total. The lowest BCUT2D eigenvalue weighted by molar-refractivity contribution is 0.203. The molecule has 2 bridgehead atoms. The molecule has 0 spiro atoms. The number of allylic oxidation sites excluding steroid dienone is 2. The van der Waals surface area contributed by atoms with Crippen LogP contribution in [0.1, 0.15) is 19.8 Å². The number of nitrogens with zero attached hydrogens (tertiary/aromatic N) is 2. The molecule has 2 aliphatic carbocycles. The van der Waals surface area contributed by atoms with Crippen LogP contribution in [0.15, 0.2) is 36.4 Å². The van der Waals surface area contributed by atoms with Crippen LogP contribution in [0.25, 0.3) is 0 Å². The van der Waals surface area contributed by atoms with Crippen LogP contribution >= 0.6 is 0 Å². The molecule has 3 atom stereocenters. The number of benzene rings is 1. The van der Waals surface area contributed by atoms with E-state index in [0.29, 0.717) is 0 Å². The molecule has 2 fully saturated rings. The van der Waals surface area contributed by atoms with E-state index in [1.807, 2.05) is 0 Å². The van der Waals surface area contributed by atoms with Gasteiger partial charge in [0.1, 0.15) is 5.75 Å². The van der Waals surface area contributed by atoms with Crippen molar-refractivity contribution in [2.45, 2.75) is 19.8 Å². The van der Waals surface area contributed by atoms with Crippen molar-refractivity contribution in [2.24, 2.45) is 17.8 Å². The standard InChI is InChI=1S/C20H28N2O/c1-2-23-20-6-4-3-5-19(20)22-11-9-21(10-12-22)15-18-14-16-7-8-17(18)13-16/h3-8,16-18H,2,9-15H2,1H3/t16-,17-,18+/m0/s1. The minimum Gasteiger partial charge on any atom is -0.492 e. The van der Waals surface area contributed by atoms with Crippen LogP contribution in [0.4, 0.5) is 5.69 Å². The highest BCUT2D eigenvalue weighted by atomic mass is 16.5. The van der Waals surface area contributed by atoms with Crippen LogP contribution in [0.3, 0.4) is 0 Å². The van der Waals surface area contributed by atoms with Gasteiger partial charge in [-0.3, -0.25) is 4.90 Å². The summed E-state index contributed by atoms with van der Waals surface area (Å²) in [6.07, 6.45) is 7.78. The maximum absolute atomic E-state index is 5.80. The average Bonchev–Trinajstić information content (AvgIpc) is 3.19. The summed E-state index contributed by atoms with van der Waals surface area (Å²) in [7, 11) is 0. The van der Waals surface area contributed by atoms with Crippen LogP contribution in [0, 0.1) is 17.8 Å². The molecule has 0 N–H and O–H groups in total. The lowest BCUT2D eigenvalue weighted by atomic mass is 9.93. The van der Waals surface area contributed by atoms with Crippen molar-refractivity contribution in [3.8, 4) is 5.75 Å². The zero-order valence-corrected chi connectivity index (χ0v) is 14.2. The van der Waals surface area contributed by atoms with Gasteiger partial charge in [-0.05, 0) is 49.7 Å². The summed E-state index contributed by atoms with van der Waals surface area (Å²) in [6.45, 7) is 8.66. The number of para-hydroxylation sites is 2. The second-order valence-electron chi connectivity index (χ2n) is 7.23. The van der Waals surface area contributed by atoms with Gasteiger partial charge in [0.25, 0.3) is 0 Å². The predicted molar refractivity (Wildman–Crippen MR) is 95.1 cm³/mol. The number of hydrogen-bond acceptors (Lipinski definition) is 3. The number of hydrogen-bond donors (Lipinski definition) is 0. The van der Waals surface area contributed by atoms with E-state index in [4.69, 9.17) is 4.74 Å². The molecule has 0 radical (unpaired) electrons. The lowest BCUT2D eigenvalue weighted by Crippen LogP contribution is -2.48. The van der Waals surface area contributed by atoms with Crippen molar-refractivity contribution in [3.05, 3.63) is 36.4 Å². The van der Waals surface area contributed by atoms with Gasteiger partial charge < -0.3 is 9.64 Å². The first kappa shape index (κ1) is 15.1. The minimum absolute atomic E-state index is 0.731. The Labute approximate surface area is 139 Å². The first-order valence-corrected chi connectivity index (χ1v) is 9.21. The third kappa shape index (κ3) is 3.12. The van der Waals surface area contributed by atoms with E-state index in [1.54, 1.807) is 0 Å². The zero-order valence-electron chi connectivity index (χ0n) is 14.2. The van der Waals surface area contributed by atoms with Gasteiger partial charge in [0.2, 0.25) is 0 Å². The second-order valence-corrected chi connectivity index (χ2v) is 7.23. The maximum atomic E-state index is 5.80. The van der Waals surface area contributed by atoms with Crippen molar-refractivity contribution in [2.75, 3.05) is 44.2 Å². The average molecular weight is 312 g/mol. The van der Waals surface area contributed by atoms with Crippen LogP contribution < -0.4 is 9.64 Å². The molecule has 1 aliphatic heterocycles. The fourth-order valence-corrected chi connectivity index (χ4v) is 4.60. The van der Waals surface area contributed by atoms with Gasteiger partial charge in [0.05, 0.1) is 12.3 Å². The number of fused-ring (bicyclic) bond motifs is 2. The van der Waals surface area contributed by atoms with Crippen molar-refractivity contribution in [3.63, 3.8) is 0 Å². The molecule has 1 heterocycles. The van der Waals surface area contributed by atoms with Gasteiger partial charge in [-0.2, -0.15) is 0 Å². The van der Waals surface area contributed by atoms with Crippen molar-refractivity contribution < 1.29 is 4.74 Å². The third-order valence-electron chi connectivity index (χ3n) is 5.79. The normalized spacial score (nSPS) is 30.1. The van der Waals surface area contributed by atoms with Gasteiger partial charge in [0, 0.05) is 32.7 Å². The minimum atomic E-state index is 0.731. The highest BCUT2D eigenvalue weighted by Crippen LogP contribution is 2.43. The molecule has 4 rings (SSSR count). The molecule has 3 heteroatoms. The topological polar surface area (TPSA) is 15.7 Å². The fraction of sp³-hybridized carbons (Fsp3) is 0.600. The molecule has 124 valence electrons. The smallest absolute Gasteiger partial charge is 0.142 e. The Hall–Kier alpha value is -1.48. The summed E-state index contributed by atoms with van der Waals surface area (Å²) in [4.78, 5) is 5.17. The number of anilines is 1. The summed E-state index contributed by atoms with van der Waals surface area (Å²) in [5.74, 6) is 3.70. The highest BCUT2D eigenvalue weighted by Gasteiger charge is 2.36. The van der Waals surface area contributed by atoms with Gasteiger partial charge in [-0.25, -0.2) is 0 Å². The molecule has 0 aromatic heterocycles. The molecule has 1 saturated heterocycles. The van der Waals surface area contributed by atoms with Gasteiger partial charge >= 0.3 is 0 Å². The van der Waals surface area contributed by atoms with Crippen LogP contribution in [0.2, 0.25) is 0 Å². The molecule has 1 aromatic carbocycles. The molecular weight excluding hydrogens is 284 g/mol. The fourth-order valence-electron chi connectivity index (χ4n) is 4.60. The van der Waals surface area contributed by atoms with Crippen LogP contribution in [-0.4, -0.2) is 44.2 Å². The SMILES string of the molecule is CCOc1ccccc1N1CCN(C[C@H]2C[C@H]3C=C[C@H]2C3)CC1. The van der Waals surface area contributed by atoms with E-state index < -0.39 is 0 Å². The Morgan fingerprint density at radius 1 is 1.04 bits per heavy atom. The largest absolute Gasteiger partial charge is 0.492 e. The van der Waals surface area contributed by atoms with E-state index in [0.717, 1.165) is 43.2 Å². The van der Waals surface area contributed by atoms with E-state index >= 15 is 0 Å². The quantitative estimate of drug-likeness (QED) is 0.775. The maximum Gasteiger partial charge on any atom is 0.142 e. The first-order chi connectivity index (χ1) is 11.3. The Kier molecular flexibility index (Phi) is 4.30. The molecule has 0 amide bonds. The van der Waals surface area contributed by atoms with Crippen LogP contribution in [-0.2, 0) is 0 Å². The number of piperazine rings is 1. The molecule has 23 heavy (non-hydrogen) atoms. The first-order valence-electron chi connectivity index (χ1n) is 9.21. The lowest BCUT2D eigenvalue weighted by Gasteiger charge is -2.38. The van der Waals surface area contributed by atoms with Crippen molar-refractivity contribution in [1.29, 1.82) is 0 Å². The second kappa shape index (κ2) is 6.56. The van der Waals surface area contributed by atoms with Crippen molar-refractivity contribution in [1.82, 2.24) is 4.90 Å². The monoisotopic (exact) mass is 312 g/mol. The Morgan fingerprint density at radius 2 is 1.87 bits per heavy atom. The predicted octanol–water partition coefficient (Wildman–Crippen LogP) is 3.42. The summed E-state index contributed by atoms with van der Waals surface area (Å²) in [5, 5.41) is 0. The van der Waals surface area contributed by atoms with Crippen LogP contribution in [0.5, 0.6) is 5.75 Å². The third-order valence-corrected chi connectivity index (χ3v) is 5.79.